The van der Waals surface area contributed by atoms with Crippen LogP contribution in [-0.2, 0) is 0 Å². The van der Waals surface area contributed by atoms with E-state index in [1.807, 2.05) is 18.2 Å². The maximum atomic E-state index is 6.00. The van der Waals surface area contributed by atoms with E-state index in [0.29, 0.717) is 21.3 Å². The second-order valence-electron chi connectivity index (χ2n) is 3.46. The van der Waals surface area contributed by atoms with Gasteiger partial charge in [-0.25, -0.2) is 0 Å². The summed E-state index contributed by atoms with van der Waals surface area (Å²) in [5, 5.41) is 1.24. The molecule has 0 aliphatic heterocycles. The maximum Gasteiger partial charge on any atom is 0.0562 e. The van der Waals surface area contributed by atoms with E-state index in [2.05, 4.69) is 11.8 Å². The molecule has 0 fully saturated rings. The Morgan fingerprint density at radius 3 is 2.35 bits per heavy atom. The van der Waals surface area contributed by atoms with E-state index in [1.54, 1.807) is 24.3 Å². The van der Waals surface area contributed by atoms with Crippen molar-refractivity contribution in [2.24, 2.45) is 0 Å². The van der Waals surface area contributed by atoms with Gasteiger partial charge < -0.3 is 5.73 Å². The summed E-state index contributed by atoms with van der Waals surface area (Å²) in [6, 6.07) is 12.6. The van der Waals surface area contributed by atoms with Crippen LogP contribution in [0.15, 0.2) is 42.5 Å². The molecule has 0 atom stereocenters. The van der Waals surface area contributed by atoms with E-state index >= 15 is 0 Å². The molecule has 0 bridgehead atoms. The third-order valence-corrected chi connectivity index (χ3v) is 2.79. The van der Waals surface area contributed by atoms with E-state index in [-0.39, 0.29) is 0 Å². The van der Waals surface area contributed by atoms with E-state index in [0.717, 1.165) is 5.56 Å². The Balaban J connectivity index is 2.40. The highest BCUT2D eigenvalue weighted by molar-refractivity contribution is 6.31. The fraction of sp³-hybridized carbons (Fsp3) is 0. The van der Waals surface area contributed by atoms with Crippen molar-refractivity contribution in [3.63, 3.8) is 0 Å². The van der Waals surface area contributed by atoms with Crippen molar-refractivity contribution in [2.75, 3.05) is 5.73 Å². The molecule has 1 nitrogen and oxygen atoms in total. The maximum absolute atomic E-state index is 6.00. The van der Waals surface area contributed by atoms with Gasteiger partial charge in [0.25, 0.3) is 0 Å². The molecule has 0 unspecified atom stereocenters. The van der Waals surface area contributed by atoms with Crippen molar-refractivity contribution < 1.29 is 0 Å². The number of hydrogen-bond acceptors (Lipinski definition) is 1. The molecule has 17 heavy (non-hydrogen) atoms. The molecule has 0 heterocycles. The number of anilines is 1. The van der Waals surface area contributed by atoms with Gasteiger partial charge in [-0.2, -0.15) is 0 Å². The summed E-state index contributed by atoms with van der Waals surface area (Å²) < 4.78 is 0. The molecule has 2 aromatic rings. The third kappa shape index (κ3) is 2.94. The van der Waals surface area contributed by atoms with Crippen LogP contribution in [0.2, 0.25) is 10.0 Å². The van der Waals surface area contributed by atoms with Gasteiger partial charge in [0, 0.05) is 21.8 Å². The summed E-state index contributed by atoms with van der Waals surface area (Å²) in [4.78, 5) is 0. The Hall–Kier alpha value is -1.62. The van der Waals surface area contributed by atoms with Gasteiger partial charge in [0.15, 0.2) is 0 Å². The summed E-state index contributed by atoms with van der Waals surface area (Å²) in [5.41, 5.74) is 7.88. The largest absolute Gasteiger partial charge is 0.398 e. The minimum Gasteiger partial charge on any atom is -0.398 e. The lowest BCUT2D eigenvalue weighted by atomic mass is 10.1. The van der Waals surface area contributed by atoms with Crippen molar-refractivity contribution in [2.45, 2.75) is 0 Å². The number of hydrogen-bond donors (Lipinski definition) is 1. The minimum absolute atomic E-state index is 0.606. The number of nitrogen functional groups attached to an aromatic ring is 1. The van der Waals surface area contributed by atoms with E-state index in [9.17, 15) is 0 Å². The van der Waals surface area contributed by atoms with Crippen LogP contribution in [-0.4, -0.2) is 0 Å². The standard InChI is InChI=1S/C14H9Cl2N/c15-12-7-8-14(17)11(9-12)6-5-10-3-1-2-4-13(10)16/h1-4,7-9H,17H2. The van der Waals surface area contributed by atoms with Crippen molar-refractivity contribution in [1.29, 1.82) is 0 Å². The molecule has 2 rings (SSSR count). The summed E-state index contributed by atoms with van der Waals surface area (Å²) >= 11 is 11.9. The number of benzene rings is 2. The first-order chi connectivity index (χ1) is 8.16. The Bertz CT molecular complexity index is 609. The van der Waals surface area contributed by atoms with Crippen molar-refractivity contribution in [1.82, 2.24) is 0 Å². The van der Waals surface area contributed by atoms with Crippen LogP contribution in [0.4, 0.5) is 5.69 Å². The Morgan fingerprint density at radius 1 is 0.882 bits per heavy atom. The SMILES string of the molecule is Nc1ccc(Cl)cc1C#Cc1ccccc1Cl. The topological polar surface area (TPSA) is 26.0 Å². The summed E-state index contributed by atoms with van der Waals surface area (Å²) in [6.07, 6.45) is 0. The fourth-order valence-electron chi connectivity index (χ4n) is 1.33. The fourth-order valence-corrected chi connectivity index (χ4v) is 1.69. The van der Waals surface area contributed by atoms with E-state index in [1.165, 1.54) is 0 Å². The first-order valence-corrected chi connectivity index (χ1v) is 5.74. The zero-order chi connectivity index (χ0) is 12.3. The van der Waals surface area contributed by atoms with Crippen LogP contribution in [0, 0.1) is 11.8 Å². The average molecular weight is 262 g/mol. The Labute approximate surface area is 110 Å². The molecule has 0 saturated carbocycles. The third-order valence-electron chi connectivity index (χ3n) is 2.22. The van der Waals surface area contributed by atoms with Crippen molar-refractivity contribution in [3.8, 4) is 11.8 Å². The van der Waals surface area contributed by atoms with Crippen LogP contribution in [0.1, 0.15) is 11.1 Å². The first kappa shape index (κ1) is 11.9. The Morgan fingerprint density at radius 2 is 1.59 bits per heavy atom. The van der Waals surface area contributed by atoms with Gasteiger partial charge in [0.05, 0.1) is 5.02 Å². The lowest BCUT2D eigenvalue weighted by Crippen LogP contribution is -1.89. The molecule has 84 valence electrons. The average Bonchev–Trinajstić information content (AvgIpc) is 2.32. The predicted molar refractivity (Wildman–Crippen MR) is 73.3 cm³/mol. The molecular weight excluding hydrogens is 253 g/mol. The van der Waals surface area contributed by atoms with Gasteiger partial charge in [-0.1, -0.05) is 47.2 Å². The summed E-state index contributed by atoms with van der Waals surface area (Å²) in [5.74, 6) is 5.94. The van der Waals surface area contributed by atoms with Gasteiger partial charge in [0.2, 0.25) is 0 Å². The van der Waals surface area contributed by atoms with Crippen LogP contribution in [0.5, 0.6) is 0 Å². The molecule has 2 aromatic carbocycles. The van der Waals surface area contributed by atoms with Gasteiger partial charge in [-0.3, -0.25) is 0 Å². The molecule has 0 radical (unpaired) electrons. The normalized spacial score (nSPS) is 9.53. The molecule has 0 saturated heterocycles. The highest BCUT2D eigenvalue weighted by Crippen LogP contribution is 2.18. The Kier molecular flexibility index (Phi) is 3.58. The molecule has 0 aliphatic rings. The molecule has 3 heteroatoms. The summed E-state index contributed by atoms with van der Waals surface area (Å²) in [6.45, 7) is 0. The molecule has 0 amide bonds. The first-order valence-electron chi connectivity index (χ1n) is 4.98. The van der Waals surface area contributed by atoms with E-state index < -0.39 is 0 Å². The summed E-state index contributed by atoms with van der Waals surface area (Å²) in [7, 11) is 0. The molecule has 2 N–H and O–H groups in total. The van der Waals surface area contributed by atoms with Crippen molar-refractivity contribution in [3.05, 3.63) is 63.6 Å². The number of nitrogens with two attached hydrogens (primary N) is 1. The van der Waals surface area contributed by atoms with E-state index in [4.69, 9.17) is 28.9 Å². The van der Waals surface area contributed by atoms with Gasteiger partial charge in [-0.15, -0.1) is 0 Å². The predicted octanol–water partition coefficient (Wildman–Crippen LogP) is 3.98. The van der Waals surface area contributed by atoms with Gasteiger partial charge in [0.1, 0.15) is 0 Å². The quantitative estimate of drug-likeness (QED) is 0.564. The second-order valence-corrected chi connectivity index (χ2v) is 4.31. The number of rotatable bonds is 0. The minimum atomic E-state index is 0.606. The van der Waals surface area contributed by atoms with Crippen LogP contribution < -0.4 is 5.73 Å². The van der Waals surface area contributed by atoms with Crippen LogP contribution >= 0.6 is 23.2 Å². The van der Waals surface area contributed by atoms with Gasteiger partial charge in [-0.05, 0) is 30.3 Å². The second kappa shape index (κ2) is 5.14. The zero-order valence-electron chi connectivity index (χ0n) is 8.87. The zero-order valence-corrected chi connectivity index (χ0v) is 10.4. The highest BCUT2D eigenvalue weighted by Gasteiger charge is 1.97. The van der Waals surface area contributed by atoms with Crippen LogP contribution in [0.25, 0.3) is 0 Å². The lowest BCUT2D eigenvalue weighted by molar-refractivity contribution is 1.61. The monoisotopic (exact) mass is 261 g/mol. The van der Waals surface area contributed by atoms with Gasteiger partial charge >= 0.3 is 0 Å². The molecular formula is C14H9Cl2N. The molecule has 0 aliphatic carbocycles. The highest BCUT2D eigenvalue weighted by atomic mass is 35.5. The lowest BCUT2D eigenvalue weighted by Gasteiger charge is -1.98. The smallest absolute Gasteiger partial charge is 0.0562 e. The number of halogens is 2. The van der Waals surface area contributed by atoms with Crippen LogP contribution in [0.3, 0.4) is 0 Å². The molecule has 0 spiro atoms. The van der Waals surface area contributed by atoms with Crippen molar-refractivity contribution >= 4 is 28.9 Å². The molecule has 0 aromatic heterocycles.